The van der Waals surface area contributed by atoms with E-state index in [1.165, 1.54) is 18.2 Å². The van der Waals surface area contributed by atoms with E-state index in [2.05, 4.69) is 36.8 Å². The lowest BCUT2D eigenvalue weighted by molar-refractivity contribution is -0.133. The zero-order valence-electron chi connectivity index (χ0n) is 38.1. The summed E-state index contributed by atoms with van der Waals surface area (Å²) < 4.78 is 52.6. The molecule has 10 rings (SSSR count). The molecule has 3 amide bonds. The van der Waals surface area contributed by atoms with E-state index in [0.717, 1.165) is 65.4 Å². The fourth-order valence-corrected chi connectivity index (χ4v) is 10.5. The molecule has 18 heteroatoms. The summed E-state index contributed by atoms with van der Waals surface area (Å²) in [5.74, 6) is -3.15. The van der Waals surface area contributed by atoms with Gasteiger partial charge in [0, 0.05) is 92.2 Å². The number of carbonyl (C=O) groups excluding carboxylic acids is 3. The van der Waals surface area contributed by atoms with E-state index in [-0.39, 0.29) is 53.2 Å². The summed E-state index contributed by atoms with van der Waals surface area (Å²) in [6.45, 7) is 5.05. The monoisotopic (exact) mass is 929 g/mol. The highest BCUT2D eigenvalue weighted by Crippen LogP contribution is 2.35. The van der Waals surface area contributed by atoms with Gasteiger partial charge in [-0.05, 0) is 124 Å². The van der Waals surface area contributed by atoms with Crippen LogP contribution in [-0.4, -0.2) is 102 Å². The van der Waals surface area contributed by atoms with Gasteiger partial charge in [-0.2, -0.15) is 5.10 Å². The zero-order valence-corrected chi connectivity index (χ0v) is 38.1. The Bertz CT molecular complexity index is 2960. The van der Waals surface area contributed by atoms with E-state index < -0.39 is 29.5 Å². The Hall–Kier alpha value is -6.79. The lowest BCUT2D eigenvalue weighted by Gasteiger charge is -2.32. The summed E-state index contributed by atoms with van der Waals surface area (Å²) in [7, 11) is 3.72. The molecule has 3 saturated heterocycles. The SMILES string of the molecule is CNc1ccn(-c2ccnc3c2cc(CN2CCC(c4c(F)cc(C(=O)N5CCn6nc(CN7CCC(c8ccc(N[C@H]9CCC(=O)NC9=O)cc8F)CC7)cc6C5)cc4F)CC2)n3C)c(=O)c1. The highest BCUT2D eigenvalue weighted by Gasteiger charge is 2.31. The number of hydrogen-bond acceptors (Lipinski definition) is 10. The van der Waals surface area contributed by atoms with Gasteiger partial charge in [0.05, 0.1) is 30.2 Å². The Kier molecular flexibility index (Phi) is 12.4. The number of likely N-dealkylation sites (tertiary alicyclic amines) is 2. The van der Waals surface area contributed by atoms with Crippen molar-refractivity contribution in [3.8, 4) is 5.69 Å². The first-order valence-corrected chi connectivity index (χ1v) is 23.4. The first kappa shape index (κ1) is 45.0. The molecule has 354 valence electrons. The van der Waals surface area contributed by atoms with Gasteiger partial charge in [-0.3, -0.25) is 43.5 Å². The molecule has 3 fully saturated rings. The van der Waals surface area contributed by atoms with Crippen molar-refractivity contribution in [3.63, 3.8) is 0 Å². The lowest BCUT2D eigenvalue weighted by atomic mass is 9.88. The summed E-state index contributed by atoms with van der Waals surface area (Å²) in [6, 6.07) is 16.0. The van der Waals surface area contributed by atoms with Crippen molar-refractivity contribution in [1.82, 2.24) is 43.9 Å². The molecule has 2 aromatic carbocycles. The predicted molar refractivity (Wildman–Crippen MR) is 250 cm³/mol. The number of rotatable bonds is 11. The second kappa shape index (κ2) is 18.7. The summed E-state index contributed by atoms with van der Waals surface area (Å²) >= 11 is 0. The molecule has 68 heavy (non-hydrogen) atoms. The molecule has 1 atom stereocenters. The molecule has 0 aliphatic carbocycles. The summed E-state index contributed by atoms with van der Waals surface area (Å²) in [5.41, 5.74) is 5.95. The Labute approximate surface area is 390 Å². The number of amides is 3. The zero-order chi connectivity index (χ0) is 47.2. The minimum atomic E-state index is -0.702. The number of pyridine rings is 2. The first-order chi connectivity index (χ1) is 32.9. The number of benzene rings is 2. The van der Waals surface area contributed by atoms with Gasteiger partial charge in [0.25, 0.3) is 11.5 Å². The van der Waals surface area contributed by atoms with Crippen molar-refractivity contribution in [2.24, 2.45) is 7.05 Å². The van der Waals surface area contributed by atoms with Crippen LogP contribution in [0.1, 0.15) is 88.9 Å². The van der Waals surface area contributed by atoms with Crippen molar-refractivity contribution in [2.45, 2.75) is 82.6 Å². The minimum absolute atomic E-state index is 0.0158. The number of halogens is 3. The van der Waals surface area contributed by atoms with Gasteiger partial charge in [-0.1, -0.05) is 6.07 Å². The van der Waals surface area contributed by atoms with Gasteiger partial charge in [0.1, 0.15) is 29.1 Å². The standard InChI is InChI=1S/C50H54F3N11O4/c1-54-33-12-18-63(46(66)25-33)44-7-13-55-48-39(44)26-36(59(48)2)28-61-16-10-31(11-17-61)47-41(52)21-32(22-42(47)53)50(68)62-19-20-64-37(29-62)23-35(58-64)27-60-14-8-30(9-15-60)38-4-3-34(24-40(38)51)56-43-5-6-45(65)57-49(43)67/h3-4,7,12-13,18,21-26,30-31,43,54,56H,5-6,8-11,14-17,19-20,27-29H2,1-2H3,(H,57,65,67)/t43-/m0/s1. The molecule has 4 aliphatic rings. The van der Waals surface area contributed by atoms with Crippen LogP contribution < -0.4 is 21.5 Å². The van der Waals surface area contributed by atoms with Crippen molar-refractivity contribution in [1.29, 1.82) is 0 Å². The van der Waals surface area contributed by atoms with Crippen LogP contribution in [0.5, 0.6) is 0 Å². The van der Waals surface area contributed by atoms with Gasteiger partial charge in [-0.15, -0.1) is 0 Å². The molecule has 4 aliphatic heterocycles. The van der Waals surface area contributed by atoms with Gasteiger partial charge in [0.2, 0.25) is 11.8 Å². The van der Waals surface area contributed by atoms with Crippen LogP contribution in [0.4, 0.5) is 24.5 Å². The maximum absolute atomic E-state index is 15.9. The van der Waals surface area contributed by atoms with Gasteiger partial charge in [-0.25, -0.2) is 18.2 Å². The lowest BCUT2D eigenvalue weighted by Crippen LogP contribution is -2.47. The molecular formula is C50H54F3N11O4. The number of nitrogens with zero attached hydrogens (tertiary/aromatic N) is 8. The molecule has 3 N–H and O–H groups in total. The van der Waals surface area contributed by atoms with E-state index in [1.807, 2.05) is 34.5 Å². The van der Waals surface area contributed by atoms with E-state index >= 15 is 13.2 Å². The molecule has 0 bridgehead atoms. The van der Waals surface area contributed by atoms with Crippen LogP contribution in [0.25, 0.3) is 16.7 Å². The minimum Gasteiger partial charge on any atom is -0.388 e. The van der Waals surface area contributed by atoms with Crippen LogP contribution in [0.3, 0.4) is 0 Å². The third-order valence-electron chi connectivity index (χ3n) is 14.3. The Morgan fingerprint density at radius 3 is 2.24 bits per heavy atom. The van der Waals surface area contributed by atoms with Crippen LogP contribution >= 0.6 is 0 Å². The van der Waals surface area contributed by atoms with Crippen LogP contribution in [0.2, 0.25) is 0 Å². The van der Waals surface area contributed by atoms with Crippen LogP contribution in [-0.2, 0) is 42.8 Å². The fraction of sp³-hybridized carbons (Fsp3) is 0.400. The normalized spacial score (nSPS) is 18.8. The predicted octanol–water partition coefficient (Wildman–Crippen LogP) is 6.01. The van der Waals surface area contributed by atoms with Crippen LogP contribution in [0, 0.1) is 17.5 Å². The van der Waals surface area contributed by atoms with E-state index in [1.54, 1.807) is 47.1 Å². The third kappa shape index (κ3) is 9.01. The molecule has 4 aromatic heterocycles. The quantitative estimate of drug-likeness (QED) is 0.132. The molecular weight excluding hydrogens is 876 g/mol. The number of aryl methyl sites for hydroxylation is 1. The van der Waals surface area contributed by atoms with Crippen LogP contribution in [0.15, 0.2) is 77.9 Å². The van der Waals surface area contributed by atoms with Gasteiger partial charge < -0.3 is 20.1 Å². The van der Waals surface area contributed by atoms with Gasteiger partial charge in [0.15, 0.2) is 0 Å². The maximum atomic E-state index is 15.9. The molecule has 0 radical (unpaired) electrons. The number of aromatic nitrogens is 5. The highest BCUT2D eigenvalue weighted by molar-refractivity contribution is 6.01. The number of piperidine rings is 3. The number of fused-ring (bicyclic) bond motifs is 2. The average molecular weight is 930 g/mol. The van der Waals surface area contributed by atoms with E-state index in [4.69, 9.17) is 5.10 Å². The molecule has 15 nitrogen and oxygen atoms in total. The van der Waals surface area contributed by atoms with Gasteiger partial charge >= 0.3 is 0 Å². The Morgan fingerprint density at radius 2 is 1.53 bits per heavy atom. The first-order valence-electron chi connectivity index (χ1n) is 23.4. The molecule has 0 unspecified atom stereocenters. The summed E-state index contributed by atoms with van der Waals surface area (Å²) in [6.07, 6.45) is 6.69. The summed E-state index contributed by atoms with van der Waals surface area (Å²) in [5, 5.41) is 14.0. The number of nitrogens with one attached hydrogen (secondary N) is 3. The molecule has 8 heterocycles. The second-order valence-corrected chi connectivity index (χ2v) is 18.6. The molecule has 6 aromatic rings. The smallest absolute Gasteiger partial charge is 0.257 e. The molecule has 0 spiro atoms. The largest absolute Gasteiger partial charge is 0.388 e. The Balaban J connectivity index is 0.718. The van der Waals surface area contributed by atoms with Crippen molar-refractivity contribution < 1.29 is 27.6 Å². The van der Waals surface area contributed by atoms with E-state index in [9.17, 15) is 19.2 Å². The van der Waals surface area contributed by atoms with Crippen molar-refractivity contribution in [3.05, 3.63) is 135 Å². The van der Waals surface area contributed by atoms with Crippen molar-refractivity contribution in [2.75, 3.05) is 50.4 Å². The average Bonchev–Trinajstić information content (AvgIpc) is 3.89. The fourth-order valence-electron chi connectivity index (χ4n) is 10.5. The Morgan fingerprint density at radius 1 is 0.794 bits per heavy atom. The topological polar surface area (TPSA) is 155 Å². The van der Waals surface area contributed by atoms with E-state index in [0.29, 0.717) is 69.8 Å². The third-order valence-corrected chi connectivity index (χ3v) is 14.3. The number of hydrogen-bond donors (Lipinski definition) is 3. The second-order valence-electron chi connectivity index (χ2n) is 18.6. The number of anilines is 2. The summed E-state index contributed by atoms with van der Waals surface area (Å²) in [4.78, 5) is 61.1. The number of carbonyl (C=O) groups is 3. The molecule has 0 saturated carbocycles. The highest BCUT2D eigenvalue weighted by atomic mass is 19.1. The number of imide groups is 1. The van der Waals surface area contributed by atoms with Crippen molar-refractivity contribution >= 4 is 40.1 Å². The maximum Gasteiger partial charge on any atom is 0.257 e.